The van der Waals surface area contributed by atoms with Crippen molar-refractivity contribution in [1.29, 1.82) is 0 Å². The number of aromatic carboxylic acids is 1. The summed E-state index contributed by atoms with van der Waals surface area (Å²) in [7, 11) is 0. The molecule has 0 atom stereocenters. The van der Waals surface area contributed by atoms with E-state index >= 15 is 0 Å². The summed E-state index contributed by atoms with van der Waals surface area (Å²) in [6.07, 6.45) is -0.213. The van der Waals surface area contributed by atoms with E-state index in [2.05, 4.69) is 10.3 Å². The monoisotopic (exact) mass is 403 g/mol. The van der Waals surface area contributed by atoms with Crippen LogP contribution in [0.4, 0.5) is 10.1 Å². The van der Waals surface area contributed by atoms with Gasteiger partial charge in [-0.3, -0.25) is 9.59 Å². The highest BCUT2D eigenvalue weighted by Gasteiger charge is 2.14. The van der Waals surface area contributed by atoms with E-state index in [1.165, 1.54) is 30.3 Å². The first-order valence-corrected chi connectivity index (χ1v) is 8.51. The molecule has 0 bridgehead atoms. The average molecular weight is 404 g/mol. The number of nitrogens with two attached hydrogens (primary N) is 1. The van der Waals surface area contributed by atoms with Gasteiger partial charge in [0.2, 0.25) is 5.91 Å². The second kappa shape index (κ2) is 7.69. The molecule has 2 aromatic carbocycles. The Morgan fingerprint density at radius 3 is 2.64 bits per heavy atom. The lowest BCUT2D eigenvalue weighted by atomic mass is 10.1. The molecule has 0 fully saturated rings. The number of carboxylic acids is 1. The molecule has 3 aromatic rings. The Morgan fingerprint density at radius 2 is 1.93 bits per heavy atom. The number of aromatic amines is 1. The maximum Gasteiger partial charge on any atom is 0.341 e. The van der Waals surface area contributed by atoms with Crippen molar-refractivity contribution in [2.75, 3.05) is 5.73 Å². The Balaban J connectivity index is 1.85. The lowest BCUT2D eigenvalue weighted by Gasteiger charge is -2.10. The molecule has 5 N–H and O–H groups in total. The fourth-order valence-electron chi connectivity index (χ4n) is 2.81. The topological polar surface area (TPSA) is 125 Å². The van der Waals surface area contributed by atoms with Gasteiger partial charge in [-0.05, 0) is 47.5 Å². The van der Waals surface area contributed by atoms with E-state index in [9.17, 15) is 18.8 Å². The molecule has 1 aromatic heterocycles. The highest BCUT2D eigenvalue weighted by molar-refractivity contribution is 6.31. The predicted octanol–water partition coefficient (Wildman–Crippen LogP) is 2.46. The van der Waals surface area contributed by atoms with Crippen LogP contribution in [0.3, 0.4) is 0 Å². The number of carbonyl (C=O) groups excluding carboxylic acids is 1. The molecule has 144 valence electrons. The van der Waals surface area contributed by atoms with E-state index in [4.69, 9.17) is 22.4 Å². The number of hydrogen-bond acceptors (Lipinski definition) is 4. The molecule has 3 rings (SSSR count). The number of anilines is 1. The van der Waals surface area contributed by atoms with E-state index in [0.29, 0.717) is 27.2 Å². The van der Waals surface area contributed by atoms with Gasteiger partial charge in [0, 0.05) is 22.6 Å². The SMILES string of the molecule is Nc1ccc(F)c(CC(=O)NCc2cc(Cl)cc3cc(C(=O)O)c(=O)[nH]c23)c1. The normalized spacial score (nSPS) is 10.8. The summed E-state index contributed by atoms with van der Waals surface area (Å²) < 4.78 is 13.8. The number of halogens is 2. The largest absolute Gasteiger partial charge is 0.477 e. The van der Waals surface area contributed by atoms with Crippen LogP contribution in [0.15, 0.2) is 41.2 Å². The van der Waals surface area contributed by atoms with Gasteiger partial charge < -0.3 is 21.1 Å². The van der Waals surface area contributed by atoms with Crippen molar-refractivity contribution in [2.45, 2.75) is 13.0 Å². The second-order valence-corrected chi connectivity index (χ2v) is 6.59. The van der Waals surface area contributed by atoms with Crippen molar-refractivity contribution in [3.05, 3.63) is 74.3 Å². The molecule has 0 saturated heterocycles. The van der Waals surface area contributed by atoms with E-state index in [1.807, 2.05) is 0 Å². The van der Waals surface area contributed by atoms with E-state index < -0.39 is 28.8 Å². The van der Waals surface area contributed by atoms with Gasteiger partial charge in [0.25, 0.3) is 5.56 Å². The number of H-pyrrole nitrogens is 1. The van der Waals surface area contributed by atoms with Gasteiger partial charge in [-0.15, -0.1) is 0 Å². The zero-order valence-corrected chi connectivity index (χ0v) is 15.1. The fourth-order valence-corrected chi connectivity index (χ4v) is 3.06. The van der Waals surface area contributed by atoms with E-state index in [-0.39, 0.29) is 18.5 Å². The molecule has 1 amide bonds. The quantitative estimate of drug-likeness (QED) is 0.487. The molecule has 0 aliphatic rings. The smallest absolute Gasteiger partial charge is 0.341 e. The van der Waals surface area contributed by atoms with Gasteiger partial charge in [-0.1, -0.05) is 11.6 Å². The number of rotatable bonds is 5. The van der Waals surface area contributed by atoms with Gasteiger partial charge in [0.15, 0.2) is 0 Å². The van der Waals surface area contributed by atoms with Crippen LogP contribution in [0.5, 0.6) is 0 Å². The zero-order chi connectivity index (χ0) is 20.4. The summed E-state index contributed by atoms with van der Waals surface area (Å²) >= 11 is 6.06. The Kier molecular flexibility index (Phi) is 5.32. The molecule has 0 spiro atoms. The van der Waals surface area contributed by atoms with Crippen molar-refractivity contribution < 1.29 is 19.1 Å². The number of fused-ring (bicyclic) bond motifs is 1. The number of nitrogens with one attached hydrogen (secondary N) is 2. The van der Waals surface area contributed by atoms with Crippen molar-refractivity contribution in [1.82, 2.24) is 10.3 Å². The number of amides is 1. The molecule has 7 nitrogen and oxygen atoms in total. The number of pyridine rings is 1. The second-order valence-electron chi connectivity index (χ2n) is 6.15. The minimum absolute atomic E-state index is 0.00217. The number of hydrogen-bond donors (Lipinski definition) is 4. The molecular weight excluding hydrogens is 389 g/mol. The van der Waals surface area contributed by atoms with Crippen LogP contribution >= 0.6 is 11.6 Å². The van der Waals surface area contributed by atoms with Crippen molar-refractivity contribution in [2.24, 2.45) is 0 Å². The highest BCUT2D eigenvalue weighted by atomic mass is 35.5. The maximum absolute atomic E-state index is 13.8. The van der Waals surface area contributed by atoms with E-state index in [0.717, 1.165) is 0 Å². The number of carbonyl (C=O) groups is 2. The van der Waals surface area contributed by atoms with Gasteiger partial charge in [0.1, 0.15) is 11.4 Å². The van der Waals surface area contributed by atoms with Crippen LogP contribution in [0, 0.1) is 5.82 Å². The number of aromatic nitrogens is 1. The third-order valence-corrected chi connectivity index (χ3v) is 4.34. The average Bonchev–Trinajstić information content (AvgIpc) is 2.62. The van der Waals surface area contributed by atoms with Gasteiger partial charge in [-0.2, -0.15) is 0 Å². The molecule has 1 heterocycles. The van der Waals surface area contributed by atoms with Crippen molar-refractivity contribution >= 4 is 40.1 Å². The molecule has 0 unspecified atom stereocenters. The molecule has 0 radical (unpaired) electrons. The van der Waals surface area contributed by atoms with E-state index in [1.54, 1.807) is 6.07 Å². The van der Waals surface area contributed by atoms with Crippen molar-refractivity contribution in [3.63, 3.8) is 0 Å². The third-order valence-electron chi connectivity index (χ3n) is 4.13. The summed E-state index contributed by atoms with van der Waals surface area (Å²) in [4.78, 5) is 37.8. The van der Waals surface area contributed by atoms with Gasteiger partial charge in [0.05, 0.1) is 11.9 Å². The molecule has 0 aliphatic carbocycles. The molecule has 9 heteroatoms. The zero-order valence-electron chi connectivity index (χ0n) is 14.4. The minimum atomic E-state index is -1.36. The van der Waals surface area contributed by atoms with Crippen LogP contribution in [0.25, 0.3) is 10.9 Å². The van der Waals surface area contributed by atoms with Crippen molar-refractivity contribution in [3.8, 4) is 0 Å². The Labute approximate surface area is 162 Å². The molecule has 0 saturated carbocycles. The maximum atomic E-state index is 13.8. The first-order chi connectivity index (χ1) is 13.2. The fraction of sp³-hybridized carbons (Fsp3) is 0.105. The van der Waals surface area contributed by atoms with Gasteiger partial charge >= 0.3 is 5.97 Å². The summed E-state index contributed by atoms with van der Waals surface area (Å²) in [5, 5.41) is 12.4. The number of benzene rings is 2. The minimum Gasteiger partial charge on any atom is -0.477 e. The first kappa shape index (κ1) is 19.4. The number of carboxylic acid groups (broad SMARTS) is 1. The van der Waals surface area contributed by atoms with Crippen LogP contribution in [-0.2, 0) is 17.8 Å². The Hall–Kier alpha value is -3.39. The first-order valence-electron chi connectivity index (χ1n) is 8.14. The lowest BCUT2D eigenvalue weighted by molar-refractivity contribution is -0.120. The number of nitrogen functional groups attached to an aromatic ring is 1. The third kappa shape index (κ3) is 4.12. The van der Waals surface area contributed by atoms with Crippen LogP contribution in [0.1, 0.15) is 21.5 Å². The predicted molar refractivity (Wildman–Crippen MR) is 103 cm³/mol. The summed E-state index contributed by atoms with van der Waals surface area (Å²) in [6, 6.07) is 8.24. The Morgan fingerprint density at radius 1 is 1.18 bits per heavy atom. The summed E-state index contributed by atoms with van der Waals surface area (Å²) in [5.74, 6) is -2.35. The lowest BCUT2D eigenvalue weighted by Crippen LogP contribution is -2.25. The Bertz CT molecular complexity index is 1160. The van der Waals surface area contributed by atoms with Gasteiger partial charge in [-0.25, -0.2) is 9.18 Å². The summed E-state index contributed by atoms with van der Waals surface area (Å²) in [6.45, 7) is 0.00217. The molecule has 28 heavy (non-hydrogen) atoms. The highest BCUT2D eigenvalue weighted by Crippen LogP contribution is 2.22. The molecule has 0 aliphatic heterocycles. The van der Waals surface area contributed by atoms with Crippen LogP contribution in [-0.4, -0.2) is 22.0 Å². The standard InChI is InChI=1S/C19H15ClFN3O4/c20-12-3-10-6-14(19(27)28)18(26)24-17(10)11(4-12)8-23-16(25)7-9-5-13(22)1-2-15(9)21/h1-6H,7-8,22H2,(H,23,25)(H,24,26)(H,27,28). The summed E-state index contributed by atoms with van der Waals surface area (Å²) in [5.41, 5.74) is 5.77. The molecular formula is C19H15ClFN3O4. The van der Waals surface area contributed by atoms with Crippen LogP contribution < -0.4 is 16.6 Å². The van der Waals surface area contributed by atoms with Crippen LogP contribution in [0.2, 0.25) is 5.02 Å².